The summed E-state index contributed by atoms with van der Waals surface area (Å²) in [5.74, 6) is 0.257. The quantitative estimate of drug-likeness (QED) is 0.500. The minimum Gasteiger partial charge on any atom is -0.378 e. The van der Waals surface area contributed by atoms with Gasteiger partial charge in [0.1, 0.15) is 17.1 Å². The van der Waals surface area contributed by atoms with Gasteiger partial charge in [0, 0.05) is 17.5 Å². The van der Waals surface area contributed by atoms with Crippen molar-refractivity contribution in [2.24, 2.45) is 0 Å². The van der Waals surface area contributed by atoms with Crippen LogP contribution >= 0.6 is 0 Å². The van der Waals surface area contributed by atoms with Crippen LogP contribution in [0.1, 0.15) is 50.5 Å². The van der Waals surface area contributed by atoms with Crippen molar-refractivity contribution in [3.05, 3.63) is 130 Å². The van der Waals surface area contributed by atoms with Crippen LogP contribution in [0.4, 0.5) is 0 Å². The van der Waals surface area contributed by atoms with Gasteiger partial charge >= 0.3 is 0 Å². The van der Waals surface area contributed by atoms with Crippen molar-refractivity contribution < 1.29 is 14.4 Å². The molecule has 0 radical (unpaired) electrons. The number of aliphatic hydroxyl groups is 1. The Labute approximate surface area is 180 Å². The molecule has 0 aliphatic heterocycles. The van der Waals surface area contributed by atoms with Crippen molar-refractivity contribution in [3.63, 3.8) is 0 Å². The van der Waals surface area contributed by atoms with Crippen molar-refractivity contribution in [3.8, 4) is 0 Å². The SMILES string of the molecule is Cc1onc2c1C(=O)c1ccccc1C2(O)CC=C(c1ccccc1)c1ccccc1. The molecule has 4 heteroatoms. The molecule has 0 saturated heterocycles. The Morgan fingerprint density at radius 3 is 2.16 bits per heavy atom. The van der Waals surface area contributed by atoms with Gasteiger partial charge < -0.3 is 9.63 Å². The smallest absolute Gasteiger partial charge is 0.199 e. The number of benzene rings is 3. The van der Waals surface area contributed by atoms with E-state index in [0.717, 1.165) is 16.7 Å². The Bertz CT molecular complexity index is 1250. The lowest BCUT2D eigenvalue weighted by molar-refractivity contribution is 0.0682. The summed E-state index contributed by atoms with van der Waals surface area (Å²) < 4.78 is 5.34. The van der Waals surface area contributed by atoms with Gasteiger partial charge in [-0.3, -0.25) is 4.79 Å². The summed E-state index contributed by atoms with van der Waals surface area (Å²) >= 11 is 0. The van der Waals surface area contributed by atoms with E-state index in [0.29, 0.717) is 22.5 Å². The molecule has 1 heterocycles. The topological polar surface area (TPSA) is 63.3 Å². The van der Waals surface area contributed by atoms with E-state index in [2.05, 4.69) is 5.16 Å². The summed E-state index contributed by atoms with van der Waals surface area (Å²) in [5, 5.41) is 16.0. The third-order valence-corrected chi connectivity index (χ3v) is 5.87. The predicted octanol–water partition coefficient (Wildman–Crippen LogP) is 5.29. The molecule has 0 spiro atoms. The van der Waals surface area contributed by atoms with E-state index in [-0.39, 0.29) is 17.9 Å². The van der Waals surface area contributed by atoms with Crippen molar-refractivity contribution >= 4 is 11.4 Å². The maximum atomic E-state index is 13.0. The number of aryl methyl sites for hydroxylation is 1. The van der Waals surface area contributed by atoms with Crippen LogP contribution in [0, 0.1) is 6.92 Å². The average Bonchev–Trinajstić information content (AvgIpc) is 3.22. The van der Waals surface area contributed by atoms with Crippen molar-refractivity contribution in [2.45, 2.75) is 18.9 Å². The molecule has 3 aromatic carbocycles. The molecule has 1 unspecified atom stereocenters. The second kappa shape index (κ2) is 7.49. The van der Waals surface area contributed by atoms with E-state index in [4.69, 9.17) is 4.52 Å². The number of carbonyl (C=O) groups excluding carboxylic acids is 1. The predicted molar refractivity (Wildman–Crippen MR) is 119 cm³/mol. The van der Waals surface area contributed by atoms with Gasteiger partial charge in [-0.25, -0.2) is 0 Å². The van der Waals surface area contributed by atoms with Gasteiger partial charge in [0.05, 0.1) is 5.56 Å². The number of ketones is 1. The molecule has 1 N–H and O–H groups in total. The van der Waals surface area contributed by atoms with Gasteiger partial charge in [-0.15, -0.1) is 0 Å². The number of hydrogen-bond donors (Lipinski definition) is 1. The van der Waals surface area contributed by atoms with Gasteiger partial charge in [0.15, 0.2) is 5.78 Å². The number of carbonyl (C=O) groups is 1. The molecule has 1 atom stereocenters. The molecule has 0 bridgehead atoms. The summed E-state index contributed by atoms with van der Waals surface area (Å²) in [6.45, 7) is 1.70. The monoisotopic (exact) mass is 407 g/mol. The molecule has 5 rings (SSSR count). The normalized spacial score (nSPS) is 17.0. The van der Waals surface area contributed by atoms with Crippen molar-refractivity contribution in [1.29, 1.82) is 0 Å². The van der Waals surface area contributed by atoms with Gasteiger partial charge in [0.25, 0.3) is 0 Å². The maximum Gasteiger partial charge on any atom is 0.199 e. The molecule has 0 saturated carbocycles. The zero-order valence-electron chi connectivity index (χ0n) is 17.1. The van der Waals surface area contributed by atoms with Crippen molar-refractivity contribution in [1.82, 2.24) is 5.16 Å². The molecule has 1 aliphatic rings. The van der Waals surface area contributed by atoms with E-state index in [1.807, 2.05) is 72.8 Å². The standard InChI is InChI=1S/C27H21NO3/c1-18-24-25(29)22-14-8-9-15-23(22)27(30,26(24)28-31-18)17-16-21(19-10-4-2-5-11-19)20-12-6-3-7-13-20/h2-16,30H,17H2,1H3. The zero-order valence-corrected chi connectivity index (χ0v) is 17.1. The Morgan fingerprint density at radius 2 is 1.52 bits per heavy atom. The van der Waals surface area contributed by atoms with Gasteiger partial charge in [-0.1, -0.05) is 96.2 Å². The number of fused-ring (bicyclic) bond motifs is 2. The van der Waals surface area contributed by atoms with Crippen LogP contribution < -0.4 is 0 Å². The van der Waals surface area contributed by atoms with Gasteiger partial charge in [0.2, 0.25) is 0 Å². The van der Waals surface area contributed by atoms with Gasteiger partial charge in [-0.05, 0) is 23.6 Å². The highest BCUT2D eigenvalue weighted by molar-refractivity contribution is 6.13. The maximum absolute atomic E-state index is 13.0. The molecule has 4 nitrogen and oxygen atoms in total. The lowest BCUT2D eigenvalue weighted by atomic mass is 9.75. The van der Waals surface area contributed by atoms with E-state index in [1.165, 1.54) is 0 Å². The van der Waals surface area contributed by atoms with E-state index < -0.39 is 5.60 Å². The van der Waals surface area contributed by atoms with Crippen LogP contribution in [0.15, 0.2) is 95.5 Å². The molecule has 152 valence electrons. The molecule has 4 aromatic rings. The first kappa shape index (κ1) is 19.2. The number of aromatic nitrogens is 1. The van der Waals surface area contributed by atoms with E-state index in [9.17, 15) is 9.90 Å². The summed E-state index contributed by atoms with van der Waals surface area (Å²) in [5.41, 5.74) is 3.32. The second-order valence-corrected chi connectivity index (χ2v) is 7.75. The fourth-order valence-electron chi connectivity index (χ4n) is 4.32. The fraction of sp³-hybridized carbons (Fsp3) is 0.111. The summed E-state index contributed by atoms with van der Waals surface area (Å²) in [7, 11) is 0. The highest BCUT2D eigenvalue weighted by atomic mass is 16.5. The van der Waals surface area contributed by atoms with Crippen LogP contribution in [0.3, 0.4) is 0 Å². The number of hydrogen-bond acceptors (Lipinski definition) is 4. The van der Waals surface area contributed by atoms with Crippen LogP contribution in [-0.2, 0) is 5.60 Å². The minimum atomic E-state index is -1.47. The summed E-state index contributed by atoms with van der Waals surface area (Å²) in [4.78, 5) is 13.0. The minimum absolute atomic E-state index is 0.163. The van der Waals surface area contributed by atoms with E-state index in [1.54, 1.807) is 25.1 Å². The molecule has 1 aliphatic carbocycles. The first-order chi connectivity index (χ1) is 15.1. The lowest BCUT2D eigenvalue weighted by Crippen LogP contribution is -2.35. The van der Waals surface area contributed by atoms with Crippen LogP contribution in [0.25, 0.3) is 5.57 Å². The van der Waals surface area contributed by atoms with E-state index >= 15 is 0 Å². The third-order valence-electron chi connectivity index (χ3n) is 5.87. The van der Waals surface area contributed by atoms with Crippen molar-refractivity contribution in [2.75, 3.05) is 0 Å². The van der Waals surface area contributed by atoms with Crippen LogP contribution in [0.2, 0.25) is 0 Å². The summed E-state index contributed by atoms with van der Waals surface area (Å²) in [6, 6.07) is 27.3. The number of nitrogens with zero attached hydrogens (tertiary/aromatic N) is 1. The first-order valence-electron chi connectivity index (χ1n) is 10.2. The average molecular weight is 407 g/mol. The van der Waals surface area contributed by atoms with Gasteiger partial charge in [-0.2, -0.15) is 0 Å². The lowest BCUT2D eigenvalue weighted by Gasteiger charge is -2.32. The Hall–Kier alpha value is -3.76. The molecule has 0 amide bonds. The zero-order chi connectivity index (χ0) is 21.4. The Morgan fingerprint density at radius 1 is 0.935 bits per heavy atom. The molecule has 0 fully saturated rings. The molecule has 1 aromatic heterocycles. The molecular formula is C27H21NO3. The highest BCUT2D eigenvalue weighted by Crippen LogP contribution is 2.43. The van der Waals surface area contributed by atoms with Crippen LogP contribution in [-0.4, -0.2) is 16.0 Å². The molecular weight excluding hydrogens is 386 g/mol. The second-order valence-electron chi connectivity index (χ2n) is 7.75. The third kappa shape index (κ3) is 3.13. The number of rotatable bonds is 4. The highest BCUT2D eigenvalue weighted by Gasteiger charge is 2.45. The summed E-state index contributed by atoms with van der Waals surface area (Å²) in [6.07, 6.45) is 2.26. The molecule has 31 heavy (non-hydrogen) atoms. The first-order valence-corrected chi connectivity index (χ1v) is 10.2. The largest absolute Gasteiger partial charge is 0.378 e. The van der Waals surface area contributed by atoms with Crippen LogP contribution in [0.5, 0.6) is 0 Å². The Kier molecular flexibility index (Phi) is 4.64. The Balaban J connectivity index is 1.67. The fourth-order valence-corrected chi connectivity index (χ4v) is 4.32.